The zero-order valence-electron chi connectivity index (χ0n) is 9.66. The molecule has 4 heteroatoms. The normalized spacial score (nSPS) is 35.6. The Morgan fingerprint density at radius 2 is 2.50 bits per heavy atom. The van der Waals surface area contributed by atoms with Crippen molar-refractivity contribution in [2.24, 2.45) is 0 Å². The maximum Gasteiger partial charge on any atom is 0.332 e. The average Bonchev–Trinajstić information content (AvgIpc) is 2.53. The lowest BCUT2D eigenvalue weighted by molar-refractivity contribution is -0.137. The summed E-state index contributed by atoms with van der Waals surface area (Å²) in [6.45, 7) is 2.17. The summed E-state index contributed by atoms with van der Waals surface area (Å²) in [6.07, 6.45) is 6.05. The summed E-state index contributed by atoms with van der Waals surface area (Å²) in [5, 5.41) is 13.6. The minimum atomic E-state index is -0.642. The number of esters is 1. The summed E-state index contributed by atoms with van der Waals surface area (Å²) in [5.74, 6) is -0.327. The Morgan fingerprint density at radius 1 is 1.69 bits per heavy atom. The SMILES string of the molecule is CCOC(=O)/C=C1/CC2(O)CCCCC2N1. The molecule has 1 aliphatic heterocycles. The van der Waals surface area contributed by atoms with Crippen molar-refractivity contribution in [1.82, 2.24) is 5.32 Å². The van der Waals surface area contributed by atoms with Crippen molar-refractivity contribution in [3.05, 3.63) is 11.8 Å². The Kier molecular flexibility index (Phi) is 3.19. The molecule has 1 saturated carbocycles. The Bertz CT molecular complexity index is 313. The fraction of sp³-hybridized carbons (Fsp3) is 0.750. The van der Waals surface area contributed by atoms with Crippen LogP contribution in [0, 0.1) is 0 Å². The van der Waals surface area contributed by atoms with E-state index in [0.717, 1.165) is 31.4 Å². The first-order valence-corrected chi connectivity index (χ1v) is 6.00. The van der Waals surface area contributed by atoms with E-state index in [9.17, 15) is 9.90 Å². The summed E-state index contributed by atoms with van der Waals surface area (Å²) in [5.41, 5.74) is 0.171. The molecule has 1 heterocycles. The van der Waals surface area contributed by atoms with Crippen molar-refractivity contribution in [1.29, 1.82) is 0 Å². The van der Waals surface area contributed by atoms with Crippen LogP contribution in [0.4, 0.5) is 0 Å². The second-order valence-electron chi connectivity index (χ2n) is 4.64. The van der Waals surface area contributed by atoms with Crippen LogP contribution in [0.25, 0.3) is 0 Å². The molecule has 0 spiro atoms. The van der Waals surface area contributed by atoms with Gasteiger partial charge in [-0.25, -0.2) is 4.79 Å². The first kappa shape index (κ1) is 11.5. The van der Waals surface area contributed by atoms with E-state index in [1.165, 1.54) is 6.08 Å². The molecule has 0 aromatic carbocycles. The number of carbonyl (C=O) groups is 1. The van der Waals surface area contributed by atoms with E-state index in [1.807, 2.05) is 0 Å². The predicted molar refractivity (Wildman–Crippen MR) is 59.7 cm³/mol. The van der Waals surface area contributed by atoms with Gasteiger partial charge in [0.1, 0.15) is 0 Å². The predicted octanol–water partition coefficient (Wildman–Crippen LogP) is 1.10. The standard InChI is InChI=1S/C12H19NO3/c1-2-16-11(14)7-9-8-12(15)6-4-3-5-10(12)13-9/h7,10,13,15H,2-6,8H2,1H3/b9-7-. The van der Waals surface area contributed by atoms with Crippen LogP contribution in [-0.4, -0.2) is 29.3 Å². The molecule has 90 valence electrons. The van der Waals surface area contributed by atoms with Gasteiger partial charge in [-0.15, -0.1) is 0 Å². The molecule has 2 N–H and O–H groups in total. The van der Waals surface area contributed by atoms with Gasteiger partial charge in [0.25, 0.3) is 0 Å². The molecule has 2 aliphatic rings. The number of carbonyl (C=O) groups excluding carboxylic acids is 1. The number of aliphatic hydroxyl groups is 1. The number of fused-ring (bicyclic) bond motifs is 1. The van der Waals surface area contributed by atoms with Gasteiger partial charge >= 0.3 is 5.97 Å². The highest BCUT2D eigenvalue weighted by molar-refractivity contribution is 5.82. The van der Waals surface area contributed by atoms with E-state index < -0.39 is 5.60 Å². The average molecular weight is 225 g/mol. The smallest absolute Gasteiger partial charge is 0.332 e. The third-order valence-electron chi connectivity index (χ3n) is 3.44. The molecule has 0 aromatic rings. The van der Waals surface area contributed by atoms with Crippen LogP contribution in [0.1, 0.15) is 39.0 Å². The van der Waals surface area contributed by atoms with E-state index in [2.05, 4.69) is 5.32 Å². The van der Waals surface area contributed by atoms with E-state index in [1.54, 1.807) is 6.92 Å². The summed E-state index contributed by atoms with van der Waals surface area (Å²) >= 11 is 0. The molecule has 2 unspecified atom stereocenters. The molecule has 2 fully saturated rings. The van der Waals surface area contributed by atoms with Crippen LogP contribution in [0.5, 0.6) is 0 Å². The Hall–Kier alpha value is -1.03. The second kappa shape index (κ2) is 4.45. The molecular weight excluding hydrogens is 206 g/mol. The lowest BCUT2D eigenvalue weighted by Gasteiger charge is -2.33. The van der Waals surface area contributed by atoms with Crippen molar-refractivity contribution in [3.8, 4) is 0 Å². The lowest BCUT2D eigenvalue weighted by atomic mass is 9.81. The molecular formula is C12H19NO3. The Morgan fingerprint density at radius 3 is 3.19 bits per heavy atom. The Labute approximate surface area is 95.7 Å². The number of ether oxygens (including phenoxy) is 1. The van der Waals surface area contributed by atoms with Gasteiger partial charge in [-0.3, -0.25) is 0 Å². The molecule has 1 aliphatic carbocycles. The summed E-state index contributed by atoms with van der Waals surface area (Å²) in [4.78, 5) is 11.3. The van der Waals surface area contributed by atoms with E-state index in [0.29, 0.717) is 13.0 Å². The molecule has 16 heavy (non-hydrogen) atoms. The first-order valence-electron chi connectivity index (χ1n) is 6.00. The van der Waals surface area contributed by atoms with E-state index in [-0.39, 0.29) is 12.0 Å². The molecule has 2 rings (SSSR count). The lowest BCUT2D eigenvalue weighted by Crippen LogP contribution is -2.44. The third-order valence-corrected chi connectivity index (χ3v) is 3.44. The molecule has 0 aromatic heterocycles. The van der Waals surface area contributed by atoms with Crippen molar-refractivity contribution in [2.75, 3.05) is 6.61 Å². The van der Waals surface area contributed by atoms with Gasteiger partial charge in [-0.1, -0.05) is 12.8 Å². The second-order valence-corrected chi connectivity index (χ2v) is 4.64. The summed E-state index contributed by atoms with van der Waals surface area (Å²) < 4.78 is 4.85. The van der Waals surface area contributed by atoms with Gasteiger partial charge in [-0.2, -0.15) is 0 Å². The zero-order chi connectivity index (χ0) is 11.6. The van der Waals surface area contributed by atoms with Gasteiger partial charge in [0, 0.05) is 18.2 Å². The van der Waals surface area contributed by atoms with Crippen molar-refractivity contribution in [3.63, 3.8) is 0 Å². The minimum absolute atomic E-state index is 0.113. The molecule has 4 nitrogen and oxygen atoms in total. The minimum Gasteiger partial charge on any atom is -0.463 e. The molecule has 1 saturated heterocycles. The fourth-order valence-electron chi connectivity index (χ4n) is 2.66. The van der Waals surface area contributed by atoms with Gasteiger partial charge in [0.2, 0.25) is 0 Å². The number of hydrogen-bond acceptors (Lipinski definition) is 4. The van der Waals surface area contributed by atoms with Crippen molar-refractivity contribution in [2.45, 2.75) is 50.7 Å². The highest BCUT2D eigenvalue weighted by Crippen LogP contribution is 2.38. The molecule has 0 bridgehead atoms. The van der Waals surface area contributed by atoms with Crippen LogP contribution >= 0.6 is 0 Å². The van der Waals surface area contributed by atoms with Gasteiger partial charge in [0.15, 0.2) is 0 Å². The van der Waals surface area contributed by atoms with E-state index in [4.69, 9.17) is 4.74 Å². The van der Waals surface area contributed by atoms with Crippen LogP contribution < -0.4 is 5.32 Å². The van der Waals surface area contributed by atoms with Gasteiger partial charge in [0.05, 0.1) is 18.2 Å². The van der Waals surface area contributed by atoms with Gasteiger partial charge < -0.3 is 15.2 Å². The largest absolute Gasteiger partial charge is 0.463 e. The van der Waals surface area contributed by atoms with Crippen molar-refractivity contribution < 1.29 is 14.6 Å². The van der Waals surface area contributed by atoms with Crippen molar-refractivity contribution >= 4 is 5.97 Å². The Balaban J connectivity index is 2.03. The van der Waals surface area contributed by atoms with Crippen LogP contribution in [0.15, 0.2) is 11.8 Å². The summed E-state index contributed by atoms with van der Waals surface area (Å²) in [6, 6.07) is 0.113. The highest BCUT2D eigenvalue weighted by Gasteiger charge is 2.44. The fourth-order valence-corrected chi connectivity index (χ4v) is 2.66. The van der Waals surface area contributed by atoms with Gasteiger partial charge in [-0.05, 0) is 19.8 Å². The van der Waals surface area contributed by atoms with Crippen LogP contribution in [0.2, 0.25) is 0 Å². The molecule has 2 atom stereocenters. The van der Waals surface area contributed by atoms with Crippen LogP contribution in [-0.2, 0) is 9.53 Å². The van der Waals surface area contributed by atoms with E-state index >= 15 is 0 Å². The quantitative estimate of drug-likeness (QED) is 0.546. The molecule has 0 radical (unpaired) electrons. The highest BCUT2D eigenvalue weighted by atomic mass is 16.5. The third kappa shape index (κ3) is 2.21. The summed E-state index contributed by atoms with van der Waals surface area (Å²) in [7, 11) is 0. The monoisotopic (exact) mass is 225 g/mol. The number of nitrogens with one attached hydrogen (secondary N) is 1. The maximum absolute atomic E-state index is 11.3. The van der Waals surface area contributed by atoms with Crippen LogP contribution in [0.3, 0.4) is 0 Å². The first-order chi connectivity index (χ1) is 7.64. The zero-order valence-corrected chi connectivity index (χ0v) is 9.66. The maximum atomic E-state index is 11.3. The topological polar surface area (TPSA) is 58.6 Å². The number of hydrogen-bond donors (Lipinski definition) is 2. The molecule has 0 amide bonds. The number of rotatable bonds is 2.